The zero-order valence-electron chi connectivity index (χ0n) is 19.2. The van der Waals surface area contributed by atoms with Crippen molar-refractivity contribution in [2.45, 2.75) is 50.6 Å². The summed E-state index contributed by atoms with van der Waals surface area (Å²) in [4.78, 5) is 35.4. The molecule has 1 saturated heterocycles. The van der Waals surface area contributed by atoms with Crippen molar-refractivity contribution in [2.75, 3.05) is 44.7 Å². The Balaban J connectivity index is 1.54. The van der Waals surface area contributed by atoms with Gasteiger partial charge in [-0.1, -0.05) is 6.92 Å². The van der Waals surface area contributed by atoms with E-state index < -0.39 is 17.1 Å². The number of aromatic amines is 1. The Morgan fingerprint density at radius 1 is 1.33 bits per heavy atom. The summed E-state index contributed by atoms with van der Waals surface area (Å²) in [5.74, 6) is 0.135. The zero-order valence-corrected chi connectivity index (χ0v) is 19.2. The van der Waals surface area contributed by atoms with Crippen LogP contribution in [0, 0.1) is 18.3 Å². The van der Waals surface area contributed by atoms with E-state index >= 15 is 4.39 Å². The second-order valence-electron chi connectivity index (χ2n) is 9.49. The maximum Gasteiger partial charge on any atom is 0.329 e. The second kappa shape index (κ2) is 8.17. The van der Waals surface area contributed by atoms with Gasteiger partial charge in [-0.15, -0.1) is 0 Å². The quantitative estimate of drug-likeness (QED) is 0.620. The van der Waals surface area contributed by atoms with E-state index in [9.17, 15) is 9.59 Å². The highest BCUT2D eigenvalue weighted by Crippen LogP contribution is 2.52. The van der Waals surface area contributed by atoms with Gasteiger partial charge < -0.3 is 14.5 Å². The van der Waals surface area contributed by atoms with Crippen LogP contribution >= 0.6 is 0 Å². The predicted octanol–water partition coefficient (Wildman–Crippen LogP) is 2.77. The van der Waals surface area contributed by atoms with Crippen molar-refractivity contribution >= 4 is 16.6 Å². The van der Waals surface area contributed by atoms with Gasteiger partial charge in [0, 0.05) is 24.7 Å². The zero-order chi connectivity index (χ0) is 23.3. The number of hydrogen-bond donors (Lipinski definition) is 1. The first-order valence-electron chi connectivity index (χ1n) is 11.8. The first kappa shape index (κ1) is 22.0. The lowest BCUT2D eigenvalue weighted by molar-refractivity contribution is 0.140. The van der Waals surface area contributed by atoms with Crippen LogP contribution in [-0.2, 0) is 0 Å². The monoisotopic (exact) mass is 455 g/mol. The molecule has 1 N–H and O–H groups in total. The molecule has 33 heavy (non-hydrogen) atoms. The largest absolute Gasteiger partial charge is 0.492 e. The number of halogens is 1. The van der Waals surface area contributed by atoms with Crippen molar-refractivity contribution in [3.8, 4) is 5.75 Å². The molecule has 1 aromatic heterocycles. The molecule has 9 heteroatoms. The van der Waals surface area contributed by atoms with Crippen molar-refractivity contribution in [2.24, 2.45) is 5.92 Å². The summed E-state index contributed by atoms with van der Waals surface area (Å²) in [6, 6.07) is 1.25. The van der Waals surface area contributed by atoms with E-state index in [1.54, 1.807) is 4.57 Å². The first-order valence-corrected chi connectivity index (χ1v) is 11.8. The fourth-order valence-electron chi connectivity index (χ4n) is 5.89. The number of nitrogens with zero attached hydrogens (tertiary/aromatic N) is 4. The van der Waals surface area contributed by atoms with E-state index in [1.807, 2.05) is 4.90 Å². The Kier molecular flexibility index (Phi) is 5.44. The minimum absolute atomic E-state index is 0.00526. The van der Waals surface area contributed by atoms with E-state index in [0.717, 1.165) is 45.2 Å². The molecule has 2 aromatic rings. The van der Waals surface area contributed by atoms with Gasteiger partial charge in [-0.25, -0.2) is 15.8 Å². The molecule has 1 unspecified atom stereocenters. The van der Waals surface area contributed by atoms with Gasteiger partial charge in [0.05, 0.1) is 19.0 Å². The topological polar surface area (TPSA) is 74.9 Å². The Morgan fingerprint density at radius 3 is 2.70 bits per heavy atom. The maximum atomic E-state index is 15.5. The van der Waals surface area contributed by atoms with Crippen LogP contribution < -0.4 is 20.9 Å². The van der Waals surface area contributed by atoms with Crippen molar-refractivity contribution in [3.63, 3.8) is 0 Å². The number of likely N-dealkylation sites (N-methyl/N-ethyl adjacent to an activating group) is 1. The molecule has 1 aliphatic heterocycles. The Bertz CT molecular complexity index is 1240. The van der Waals surface area contributed by atoms with Crippen LogP contribution in [0.2, 0.25) is 0 Å². The minimum Gasteiger partial charge on any atom is -0.492 e. The highest BCUT2D eigenvalue weighted by molar-refractivity contribution is 5.91. The Morgan fingerprint density at radius 2 is 2.09 bits per heavy atom. The minimum atomic E-state index is -0.592. The van der Waals surface area contributed by atoms with Gasteiger partial charge in [-0.05, 0) is 50.6 Å². The molecule has 0 bridgehead atoms. The number of aromatic nitrogens is 2. The molecule has 1 aromatic carbocycles. The van der Waals surface area contributed by atoms with Crippen LogP contribution in [0.3, 0.4) is 0 Å². The molecule has 5 rings (SSSR count). The third-order valence-corrected chi connectivity index (χ3v) is 7.74. The molecule has 1 atom stereocenters. The molecule has 0 radical (unpaired) electrons. The van der Waals surface area contributed by atoms with E-state index in [2.05, 4.69) is 21.7 Å². The molecule has 2 saturated carbocycles. The summed E-state index contributed by atoms with van der Waals surface area (Å²) in [6.07, 6.45) is 4.84. The number of nitrogens with one attached hydrogen (secondary N) is 1. The van der Waals surface area contributed by atoms with Crippen molar-refractivity contribution in [1.82, 2.24) is 14.5 Å². The van der Waals surface area contributed by atoms with Gasteiger partial charge in [-0.2, -0.15) is 0 Å². The summed E-state index contributed by atoms with van der Waals surface area (Å²) >= 11 is 0. The number of ether oxygens (including phenoxy) is 1. The van der Waals surface area contributed by atoms with Gasteiger partial charge in [0.1, 0.15) is 11.2 Å². The molecule has 0 spiro atoms. The van der Waals surface area contributed by atoms with E-state index in [1.165, 1.54) is 13.2 Å². The summed E-state index contributed by atoms with van der Waals surface area (Å²) in [5, 5.41) is 0.144. The fourth-order valence-corrected chi connectivity index (χ4v) is 5.89. The second-order valence-corrected chi connectivity index (χ2v) is 9.49. The lowest BCUT2D eigenvalue weighted by Crippen LogP contribution is -2.45. The molecule has 2 heterocycles. The molecular formula is C24H30FN5O3. The van der Waals surface area contributed by atoms with Crippen molar-refractivity contribution in [3.05, 3.63) is 44.1 Å². The number of rotatable bonds is 8. The third kappa shape index (κ3) is 3.52. The average molecular weight is 456 g/mol. The number of anilines is 1. The molecule has 3 fully saturated rings. The highest BCUT2D eigenvalue weighted by atomic mass is 19.1. The third-order valence-electron chi connectivity index (χ3n) is 7.74. The summed E-state index contributed by atoms with van der Waals surface area (Å²) < 4.78 is 22.7. The molecule has 0 amide bonds. The lowest BCUT2D eigenvalue weighted by Gasteiger charge is -2.34. The van der Waals surface area contributed by atoms with Gasteiger partial charge >= 0.3 is 5.69 Å². The fraction of sp³-hybridized carbons (Fsp3) is 0.625. The standard InChI is InChI=1S/C24H30FN5O3/c1-4-29(12-10-26-2)24(8-9-24)15-7-11-28(14-15)20-18(25)13-17-19(21(20)33-3)30(16-5-6-16)23(32)27-22(17)31/h13,15-16H,4-12,14H2,1,3H3,(H,27,31,32). The number of hydrogen-bond acceptors (Lipinski definition) is 5. The molecule has 176 valence electrons. The van der Waals surface area contributed by atoms with E-state index in [0.29, 0.717) is 36.8 Å². The van der Waals surface area contributed by atoms with Crippen LogP contribution in [0.15, 0.2) is 15.7 Å². The van der Waals surface area contributed by atoms with Crippen LogP contribution in [0.1, 0.15) is 45.1 Å². The Hall–Kier alpha value is -2.86. The molecular weight excluding hydrogens is 425 g/mol. The SMILES string of the molecule is [C-]#[N+]CCN(CC)C1(C2CCN(c3c(F)cc4c(=O)[nH]c(=O)n(C5CC5)c4c3OC)C2)CC1. The van der Waals surface area contributed by atoms with Crippen molar-refractivity contribution in [1.29, 1.82) is 0 Å². The maximum absolute atomic E-state index is 15.5. The first-order chi connectivity index (χ1) is 15.9. The summed E-state index contributed by atoms with van der Waals surface area (Å²) in [7, 11) is 1.47. The van der Waals surface area contributed by atoms with Gasteiger partial charge in [0.2, 0.25) is 6.54 Å². The van der Waals surface area contributed by atoms with Crippen LogP contribution in [0.4, 0.5) is 10.1 Å². The normalized spacial score (nSPS) is 21.5. The highest BCUT2D eigenvalue weighted by Gasteiger charge is 2.55. The number of methoxy groups -OCH3 is 1. The molecule has 8 nitrogen and oxygen atoms in total. The van der Waals surface area contributed by atoms with Crippen LogP contribution in [0.5, 0.6) is 5.75 Å². The molecule has 2 aliphatic carbocycles. The van der Waals surface area contributed by atoms with E-state index in [-0.39, 0.29) is 22.7 Å². The van der Waals surface area contributed by atoms with Crippen LogP contribution in [0.25, 0.3) is 15.7 Å². The van der Waals surface area contributed by atoms with Crippen LogP contribution in [-0.4, -0.2) is 59.8 Å². The number of fused-ring (bicyclic) bond motifs is 1. The predicted molar refractivity (Wildman–Crippen MR) is 125 cm³/mol. The number of benzene rings is 1. The number of H-pyrrole nitrogens is 1. The van der Waals surface area contributed by atoms with Gasteiger partial charge in [0.25, 0.3) is 5.56 Å². The molecule has 3 aliphatic rings. The van der Waals surface area contributed by atoms with Crippen molar-refractivity contribution < 1.29 is 9.13 Å². The summed E-state index contributed by atoms with van der Waals surface area (Å²) in [5.41, 5.74) is -0.248. The smallest absolute Gasteiger partial charge is 0.329 e. The lowest BCUT2D eigenvalue weighted by atomic mass is 9.94. The van der Waals surface area contributed by atoms with Gasteiger partial charge in [0.15, 0.2) is 11.6 Å². The van der Waals surface area contributed by atoms with E-state index in [4.69, 9.17) is 11.3 Å². The Labute approximate surface area is 191 Å². The van der Waals surface area contributed by atoms with Gasteiger partial charge in [-0.3, -0.25) is 19.2 Å². The average Bonchev–Trinajstić information content (AvgIpc) is 3.73. The summed E-state index contributed by atoms with van der Waals surface area (Å²) in [6.45, 7) is 12.8.